The van der Waals surface area contributed by atoms with E-state index in [4.69, 9.17) is 9.47 Å². The Balaban J connectivity index is 1.41. The first-order chi connectivity index (χ1) is 14.9. The molecule has 0 radical (unpaired) electrons. The van der Waals surface area contributed by atoms with Crippen LogP contribution in [0.5, 0.6) is 5.75 Å². The molecule has 0 amide bonds. The van der Waals surface area contributed by atoms with E-state index in [0.29, 0.717) is 37.6 Å². The standard InChI is InChI=1S/C22H24FN3O4S/c1-25-18(11-13-29-19-9-7-17(23)8-10-19)15-21(24-25)22-16-26(12-14-30-22)31(27,28)20-5-3-2-4-6-20/h2-10,15,22H,11-14,16H2,1H3/t22-/m1/s1. The van der Waals surface area contributed by atoms with Gasteiger partial charge in [0.05, 0.1) is 23.8 Å². The minimum Gasteiger partial charge on any atom is -0.493 e. The molecule has 0 unspecified atom stereocenters. The minimum absolute atomic E-state index is 0.208. The number of hydrogen-bond acceptors (Lipinski definition) is 5. The van der Waals surface area contributed by atoms with Crippen LogP contribution in [0, 0.1) is 5.82 Å². The fourth-order valence-corrected chi connectivity index (χ4v) is 4.94. The van der Waals surface area contributed by atoms with Crippen LogP contribution in [0.4, 0.5) is 4.39 Å². The Bertz CT molecular complexity index is 1120. The first kappa shape index (κ1) is 21.5. The number of morpholine rings is 1. The Morgan fingerprint density at radius 2 is 1.90 bits per heavy atom. The van der Waals surface area contributed by atoms with Gasteiger partial charge in [-0.2, -0.15) is 9.40 Å². The molecule has 0 spiro atoms. The van der Waals surface area contributed by atoms with Crippen LogP contribution in [0.3, 0.4) is 0 Å². The van der Waals surface area contributed by atoms with Crippen LogP contribution in [0.15, 0.2) is 65.6 Å². The second-order valence-electron chi connectivity index (χ2n) is 7.27. The van der Waals surface area contributed by atoms with Gasteiger partial charge in [0.1, 0.15) is 17.7 Å². The monoisotopic (exact) mass is 445 g/mol. The summed E-state index contributed by atoms with van der Waals surface area (Å²) in [6.07, 6.45) is 0.157. The van der Waals surface area contributed by atoms with Gasteiger partial charge in [0.2, 0.25) is 10.0 Å². The molecule has 1 atom stereocenters. The first-order valence-corrected chi connectivity index (χ1v) is 11.5. The average Bonchev–Trinajstić information content (AvgIpc) is 3.16. The predicted octanol–water partition coefficient (Wildman–Crippen LogP) is 2.94. The number of nitrogens with zero attached hydrogens (tertiary/aromatic N) is 3. The highest BCUT2D eigenvalue weighted by atomic mass is 32.2. The highest BCUT2D eigenvalue weighted by Gasteiger charge is 2.32. The number of benzene rings is 2. The van der Waals surface area contributed by atoms with Crippen molar-refractivity contribution in [2.75, 3.05) is 26.3 Å². The van der Waals surface area contributed by atoms with E-state index in [1.54, 1.807) is 47.1 Å². The fraction of sp³-hybridized carbons (Fsp3) is 0.318. The molecule has 1 aliphatic rings. The zero-order chi connectivity index (χ0) is 21.8. The summed E-state index contributed by atoms with van der Waals surface area (Å²) >= 11 is 0. The highest BCUT2D eigenvalue weighted by Crippen LogP contribution is 2.26. The van der Waals surface area contributed by atoms with Gasteiger partial charge in [-0.25, -0.2) is 12.8 Å². The van der Waals surface area contributed by atoms with E-state index in [9.17, 15) is 12.8 Å². The molecule has 4 rings (SSSR count). The van der Waals surface area contributed by atoms with E-state index in [-0.39, 0.29) is 17.3 Å². The molecule has 31 heavy (non-hydrogen) atoms. The van der Waals surface area contributed by atoms with Crippen molar-refractivity contribution in [3.05, 3.63) is 77.9 Å². The van der Waals surface area contributed by atoms with Crippen molar-refractivity contribution in [2.24, 2.45) is 7.05 Å². The summed E-state index contributed by atoms with van der Waals surface area (Å²) in [6.45, 7) is 1.22. The van der Waals surface area contributed by atoms with Crippen LogP contribution in [0.1, 0.15) is 17.5 Å². The van der Waals surface area contributed by atoms with Crippen LogP contribution < -0.4 is 4.74 Å². The Morgan fingerprint density at radius 1 is 1.16 bits per heavy atom. The van der Waals surface area contributed by atoms with E-state index in [1.165, 1.54) is 16.4 Å². The fourth-order valence-electron chi connectivity index (χ4n) is 3.49. The molecule has 0 aliphatic carbocycles. The first-order valence-electron chi connectivity index (χ1n) is 10.0. The number of hydrogen-bond donors (Lipinski definition) is 0. The third-order valence-electron chi connectivity index (χ3n) is 5.18. The Morgan fingerprint density at radius 3 is 2.65 bits per heavy atom. The van der Waals surface area contributed by atoms with Gasteiger partial charge < -0.3 is 9.47 Å². The van der Waals surface area contributed by atoms with Crippen molar-refractivity contribution in [2.45, 2.75) is 17.4 Å². The molecule has 0 saturated carbocycles. The van der Waals surface area contributed by atoms with E-state index in [0.717, 1.165) is 5.69 Å². The van der Waals surface area contributed by atoms with Crippen LogP contribution in [0.2, 0.25) is 0 Å². The Hall–Kier alpha value is -2.75. The number of ether oxygens (including phenoxy) is 2. The zero-order valence-electron chi connectivity index (χ0n) is 17.1. The molecule has 2 aromatic carbocycles. The zero-order valence-corrected chi connectivity index (χ0v) is 18.0. The maximum Gasteiger partial charge on any atom is 0.243 e. The van der Waals surface area contributed by atoms with Crippen molar-refractivity contribution in [3.63, 3.8) is 0 Å². The van der Waals surface area contributed by atoms with Gasteiger partial charge in [0, 0.05) is 32.3 Å². The summed E-state index contributed by atoms with van der Waals surface area (Å²) < 4.78 is 53.5. The summed E-state index contributed by atoms with van der Waals surface area (Å²) in [5.74, 6) is 0.292. The van der Waals surface area contributed by atoms with Crippen LogP contribution >= 0.6 is 0 Å². The van der Waals surface area contributed by atoms with Crippen molar-refractivity contribution in [1.82, 2.24) is 14.1 Å². The van der Waals surface area contributed by atoms with Gasteiger partial charge in [-0.1, -0.05) is 18.2 Å². The van der Waals surface area contributed by atoms with Crippen molar-refractivity contribution in [1.29, 1.82) is 0 Å². The minimum atomic E-state index is -3.58. The molecular formula is C22H24FN3O4S. The summed E-state index contributed by atoms with van der Waals surface area (Å²) in [5.41, 5.74) is 1.62. The van der Waals surface area contributed by atoms with Crippen molar-refractivity contribution < 1.29 is 22.3 Å². The van der Waals surface area contributed by atoms with Gasteiger partial charge in [-0.05, 0) is 42.5 Å². The lowest BCUT2D eigenvalue weighted by atomic mass is 10.2. The van der Waals surface area contributed by atoms with E-state index >= 15 is 0 Å². The third-order valence-corrected chi connectivity index (χ3v) is 7.06. The molecule has 0 N–H and O–H groups in total. The largest absolute Gasteiger partial charge is 0.493 e. The molecule has 1 aromatic heterocycles. The number of sulfonamides is 1. The number of aromatic nitrogens is 2. The van der Waals surface area contributed by atoms with Crippen LogP contribution in [-0.4, -0.2) is 48.8 Å². The second kappa shape index (κ2) is 9.17. The maximum atomic E-state index is 13.0. The number of halogens is 1. The molecule has 1 saturated heterocycles. The van der Waals surface area contributed by atoms with E-state index in [2.05, 4.69) is 5.10 Å². The van der Waals surface area contributed by atoms with E-state index < -0.39 is 16.1 Å². The second-order valence-corrected chi connectivity index (χ2v) is 9.21. The molecule has 1 fully saturated rings. The highest BCUT2D eigenvalue weighted by molar-refractivity contribution is 7.89. The lowest BCUT2D eigenvalue weighted by Crippen LogP contribution is -2.42. The third kappa shape index (κ3) is 4.95. The van der Waals surface area contributed by atoms with Gasteiger partial charge in [0.15, 0.2) is 0 Å². The van der Waals surface area contributed by atoms with Gasteiger partial charge in [0.25, 0.3) is 0 Å². The normalized spacial score (nSPS) is 17.5. The SMILES string of the molecule is Cn1nc([C@H]2CN(S(=O)(=O)c3ccccc3)CCO2)cc1CCOc1ccc(F)cc1. The maximum absolute atomic E-state index is 13.0. The predicted molar refractivity (Wildman–Crippen MR) is 113 cm³/mol. The number of rotatable bonds is 7. The Labute approximate surface area is 181 Å². The molecule has 3 aromatic rings. The summed E-state index contributed by atoms with van der Waals surface area (Å²) in [5, 5.41) is 4.53. The smallest absolute Gasteiger partial charge is 0.243 e. The topological polar surface area (TPSA) is 73.7 Å². The molecule has 9 heteroatoms. The molecule has 2 heterocycles. The Kier molecular flexibility index (Phi) is 6.35. The number of aryl methyl sites for hydroxylation is 1. The molecule has 7 nitrogen and oxygen atoms in total. The molecular weight excluding hydrogens is 421 g/mol. The van der Waals surface area contributed by atoms with Crippen molar-refractivity contribution >= 4 is 10.0 Å². The van der Waals surface area contributed by atoms with Gasteiger partial charge >= 0.3 is 0 Å². The summed E-state index contributed by atoms with van der Waals surface area (Å²) in [7, 11) is -1.75. The lowest BCUT2D eigenvalue weighted by Gasteiger charge is -2.31. The van der Waals surface area contributed by atoms with Crippen molar-refractivity contribution in [3.8, 4) is 5.75 Å². The molecule has 1 aliphatic heterocycles. The van der Waals surface area contributed by atoms with Gasteiger partial charge in [-0.15, -0.1) is 0 Å². The molecule has 164 valence electrons. The lowest BCUT2D eigenvalue weighted by molar-refractivity contribution is -0.00520. The van der Waals surface area contributed by atoms with Crippen LogP contribution in [-0.2, 0) is 28.2 Å². The average molecular weight is 446 g/mol. The molecule has 0 bridgehead atoms. The van der Waals surface area contributed by atoms with Crippen LogP contribution in [0.25, 0.3) is 0 Å². The van der Waals surface area contributed by atoms with E-state index in [1.807, 2.05) is 13.1 Å². The summed E-state index contributed by atoms with van der Waals surface area (Å²) in [6, 6.07) is 16.2. The summed E-state index contributed by atoms with van der Waals surface area (Å²) in [4.78, 5) is 0.273. The quantitative estimate of drug-likeness (QED) is 0.559. The van der Waals surface area contributed by atoms with Gasteiger partial charge in [-0.3, -0.25) is 4.68 Å².